The topological polar surface area (TPSA) is 111 Å². The molecule has 2 heterocycles. The average molecular weight is 377 g/mol. The van der Waals surface area contributed by atoms with E-state index in [0.29, 0.717) is 0 Å². The first kappa shape index (κ1) is 16.7. The summed E-state index contributed by atoms with van der Waals surface area (Å²) in [6.07, 6.45) is -1.24. The SMILES string of the molecule is Cl.Nc1nc(=O)n([C@@H]2O[C@H](CO)[C@@H](O)[C@H]2Br)cc1Cl. The number of aliphatic hydroxyl groups excluding tert-OH is 2. The molecule has 10 heteroatoms. The zero-order chi connectivity index (χ0) is 13.4. The number of nitrogens with two attached hydrogens (primary N) is 1. The molecule has 1 saturated heterocycles. The number of ether oxygens (including phenoxy) is 1. The molecule has 1 aliphatic heterocycles. The van der Waals surface area contributed by atoms with Gasteiger partial charge in [-0.05, 0) is 0 Å². The Bertz CT molecular complexity index is 515. The van der Waals surface area contributed by atoms with E-state index < -0.39 is 29.0 Å². The summed E-state index contributed by atoms with van der Waals surface area (Å²) in [4.78, 5) is 14.7. The van der Waals surface area contributed by atoms with Crippen molar-refractivity contribution in [1.82, 2.24) is 9.55 Å². The summed E-state index contributed by atoms with van der Waals surface area (Å²) in [5.74, 6) is -0.0682. The molecule has 0 bridgehead atoms. The van der Waals surface area contributed by atoms with E-state index in [1.165, 1.54) is 6.20 Å². The summed E-state index contributed by atoms with van der Waals surface area (Å²) in [7, 11) is 0. The van der Waals surface area contributed by atoms with Crippen LogP contribution in [0, 0.1) is 0 Å². The van der Waals surface area contributed by atoms with E-state index in [1.807, 2.05) is 0 Å². The molecular formula is C9H12BrCl2N3O4. The van der Waals surface area contributed by atoms with Crippen LogP contribution in [-0.4, -0.2) is 43.4 Å². The summed E-state index contributed by atoms with van der Waals surface area (Å²) in [6.45, 7) is -0.356. The lowest BCUT2D eigenvalue weighted by atomic mass is 10.2. The van der Waals surface area contributed by atoms with Crippen LogP contribution >= 0.6 is 39.9 Å². The van der Waals surface area contributed by atoms with Crippen molar-refractivity contribution in [3.05, 3.63) is 21.7 Å². The first-order valence-electron chi connectivity index (χ1n) is 5.08. The van der Waals surface area contributed by atoms with Gasteiger partial charge in [-0.2, -0.15) is 4.98 Å². The normalized spacial score (nSPS) is 30.1. The zero-order valence-corrected chi connectivity index (χ0v) is 12.6. The molecule has 0 radical (unpaired) electrons. The molecule has 1 fully saturated rings. The molecule has 4 atom stereocenters. The Labute approximate surface area is 127 Å². The van der Waals surface area contributed by atoms with Crippen molar-refractivity contribution in [2.75, 3.05) is 12.3 Å². The Hall–Kier alpha value is -0.380. The van der Waals surface area contributed by atoms with Crippen LogP contribution in [0.3, 0.4) is 0 Å². The maximum absolute atomic E-state index is 11.7. The molecule has 0 unspecified atom stereocenters. The highest BCUT2D eigenvalue weighted by Gasteiger charge is 2.43. The van der Waals surface area contributed by atoms with Gasteiger partial charge in [0.2, 0.25) is 0 Å². The third kappa shape index (κ3) is 3.04. The molecule has 19 heavy (non-hydrogen) atoms. The highest BCUT2D eigenvalue weighted by Crippen LogP contribution is 2.34. The van der Waals surface area contributed by atoms with Crippen molar-refractivity contribution in [3.8, 4) is 0 Å². The van der Waals surface area contributed by atoms with Crippen molar-refractivity contribution in [1.29, 1.82) is 0 Å². The summed E-state index contributed by atoms with van der Waals surface area (Å²) in [6, 6.07) is 0. The third-order valence-corrected chi connectivity index (χ3v) is 3.97. The van der Waals surface area contributed by atoms with Gasteiger partial charge in [-0.15, -0.1) is 12.4 Å². The number of anilines is 1. The van der Waals surface area contributed by atoms with Gasteiger partial charge in [0, 0.05) is 6.20 Å². The van der Waals surface area contributed by atoms with E-state index in [1.54, 1.807) is 0 Å². The predicted molar refractivity (Wildman–Crippen MR) is 74.9 cm³/mol. The molecule has 4 N–H and O–H groups in total. The second kappa shape index (κ2) is 6.38. The molecule has 0 aliphatic carbocycles. The maximum atomic E-state index is 11.7. The predicted octanol–water partition coefficient (Wildman–Crippen LogP) is -0.0852. The minimum Gasteiger partial charge on any atom is -0.394 e. The number of nitrogens with zero attached hydrogens (tertiary/aromatic N) is 2. The Morgan fingerprint density at radius 3 is 2.79 bits per heavy atom. The van der Waals surface area contributed by atoms with Gasteiger partial charge in [-0.3, -0.25) is 4.57 Å². The highest BCUT2D eigenvalue weighted by atomic mass is 79.9. The van der Waals surface area contributed by atoms with Gasteiger partial charge in [0.1, 0.15) is 11.9 Å². The monoisotopic (exact) mass is 375 g/mol. The number of aliphatic hydroxyl groups is 2. The standard InChI is InChI=1S/C9H11BrClN3O4.ClH/c10-5-6(16)4(2-15)18-8(5)14-1-3(11)7(12)13-9(14)17;/h1,4-6,8,15-16H,2H2,(H2,12,13,17);1H/t4-,5-,6-,8-;/m1./s1. The fraction of sp³-hybridized carbons (Fsp3) is 0.556. The van der Waals surface area contributed by atoms with Crippen LogP contribution in [0.2, 0.25) is 5.02 Å². The number of rotatable bonds is 2. The molecule has 1 aliphatic rings. The number of halogens is 3. The van der Waals surface area contributed by atoms with Gasteiger partial charge in [0.25, 0.3) is 0 Å². The summed E-state index contributed by atoms with van der Waals surface area (Å²) < 4.78 is 6.50. The number of alkyl halides is 1. The minimum atomic E-state index is -0.941. The van der Waals surface area contributed by atoms with E-state index in [0.717, 1.165) is 4.57 Å². The molecular weight excluding hydrogens is 365 g/mol. The van der Waals surface area contributed by atoms with E-state index in [4.69, 9.17) is 27.2 Å². The van der Waals surface area contributed by atoms with E-state index >= 15 is 0 Å². The maximum Gasteiger partial charge on any atom is 0.351 e. The number of nitrogen functional groups attached to an aromatic ring is 1. The van der Waals surface area contributed by atoms with Crippen LogP contribution in [-0.2, 0) is 4.74 Å². The molecule has 0 aromatic carbocycles. The second-order valence-electron chi connectivity index (χ2n) is 3.85. The van der Waals surface area contributed by atoms with E-state index in [9.17, 15) is 9.90 Å². The van der Waals surface area contributed by atoms with Crippen LogP contribution in [0.5, 0.6) is 0 Å². The van der Waals surface area contributed by atoms with Crippen LogP contribution in [0.15, 0.2) is 11.0 Å². The number of hydrogen-bond acceptors (Lipinski definition) is 6. The molecule has 0 saturated carbocycles. The van der Waals surface area contributed by atoms with Crippen molar-refractivity contribution in [3.63, 3.8) is 0 Å². The quantitative estimate of drug-likeness (QED) is 0.622. The van der Waals surface area contributed by atoms with Crippen molar-refractivity contribution < 1.29 is 14.9 Å². The van der Waals surface area contributed by atoms with Gasteiger partial charge in [-0.25, -0.2) is 4.79 Å². The summed E-state index contributed by atoms with van der Waals surface area (Å²) in [5.41, 5.74) is 4.76. The molecule has 1 aromatic heterocycles. The molecule has 7 nitrogen and oxygen atoms in total. The lowest BCUT2D eigenvalue weighted by Gasteiger charge is -2.17. The first-order chi connectivity index (χ1) is 8.45. The molecule has 2 rings (SSSR count). The Balaban J connectivity index is 0.00000180. The van der Waals surface area contributed by atoms with Gasteiger partial charge < -0.3 is 20.7 Å². The van der Waals surface area contributed by atoms with Crippen molar-refractivity contribution >= 4 is 45.8 Å². The summed E-state index contributed by atoms with van der Waals surface area (Å²) in [5, 5.41) is 18.9. The summed E-state index contributed by atoms with van der Waals surface area (Å²) >= 11 is 9.01. The van der Waals surface area contributed by atoms with Gasteiger partial charge in [-0.1, -0.05) is 27.5 Å². The van der Waals surface area contributed by atoms with Crippen LogP contribution in [0.4, 0.5) is 5.82 Å². The van der Waals surface area contributed by atoms with Crippen LogP contribution in [0.1, 0.15) is 6.23 Å². The first-order valence-corrected chi connectivity index (χ1v) is 6.37. The Morgan fingerprint density at radius 1 is 1.63 bits per heavy atom. The van der Waals surface area contributed by atoms with Gasteiger partial charge >= 0.3 is 5.69 Å². The smallest absolute Gasteiger partial charge is 0.351 e. The van der Waals surface area contributed by atoms with E-state index in [2.05, 4.69) is 20.9 Å². The molecule has 0 amide bonds. The Morgan fingerprint density at radius 2 is 2.26 bits per heavy atom. The average Bonchev–Trinajstić information content (AvgIpc) is 2.61. The fourth-order valence-corrected chi connectivity index (χ4v) is 2.59. The molecule has 1 aromatic rings. The van der Waals surface area contributed by atoms with Crippen molar-refractivity contribution in [2.24, 2.45) is 0 Å². The lowest BCUT2D eigenvalue weighted by molar-refractivity contribution is -0.0456. The third-order valence-electron chi connectivity index (χ3n) is 2.68. The molecule has 108 valence electrons. The minimum absolute atomic E-state index is 0. The van der Waals surface area contributed by atoms with E-state index in [-0.39, 0.29) is 29.9 Å². The number of hydrogen-bond donors (Lipinski definition) is 3. The van der Waals surface area contributed by atoms with Gasteiger partial charge in [0.15, 0.2) is 6.23 Å². The Kier molecular flexibility index (Phi) is 5.60. The fourth-order valence-electron chi connectivity index (χ4n) is 1.72. The molecule has 0 spiro atoms. The van der Waals surface area contributed by atoms with Crippen molar-refractivity contribution in [2.45, 2.75) is 23.3 Å². The van der Waals surface area contributed by atoms with Crippen LogP contribution in [0.25, 0.3) is 0 Å². The highest BCUT2D eigenvalue weighted by molar-refractivity contribution is 9.09. The number of aromatic nitrogens is 2. The largest absolute Gasteiger partial charge is 0.394 e. The zero-order valence-electron chi connectivity index (χ0n) is 9.44. The van der Waals surface area contributed by atoms with Gasteiger partial charge in [0.05, 0.1) is 22.6 Å². The second-order valence-corrected chi connectivity index (χ2v) is 5.31. The lowest BCUT2D eigenvalue weighted by Crippen LogP contribution is -2.32. The van der Waals surface area contributed by atoms with Crippen LogP contribution < -0.4 is 11.4 Å².